The van der Waals surface area contributed by atoms with Crippen molar-refractivity contribution in [2.75, 3.05) is 158 Å². The number of benzene rings is 12. The molecule has 0 aromatic heterocycles. The van der Waals surface area contributed by atoms with Gasteiger partial charge in [0.2, 0.25) is 0 Å². The molecule has 4 aliphatic heterocycles. The number of hydrogen-bond donors (Lipinski definition) is 6. The zero-order valence-corrected chi connectivity index (χ0v) is 74.1. The summed E-state index contributed by atoms with van der Waals surface area (Å²) in [5.74, 6) is -1.90. The number of sulfone groups is 1. The zero-order valence-electron chi connectivity index (χ0n) is 73.3. The molecule has 4 fully saturated rings. The van der Waals surface area contributed by atoms with Gasteiger partial charge in [0, 0.05) is 127 Å². The molecule has 16 rings (SSSR count). The predicted octanol–water partition coefficient (Wildman–Crippen LogP) is 18.0. The summed E-state index contributed by atoms with van der Waals surface area (Å²) in [5, 5.41) is 21.0. The van der Waals surface area contributed by atoms with Crippen molar-refractivity contribution in [3.05, 3.63) is 334 Å². The highest BCUT2D eigenvalue weighted by Crippen LogP contribution is 2.34. The number of nitrogens with two attached hydrogens (primary N) is 1. The van der Waals surface area contributed by atoms with Gasteiger partial charge in [0.25, 0.3) is 23.6 Å². The van der Waals surface area contributed by atoms with Crippen LogP contribution in [-0.4, -0.2) is 177 Å². The van der Waals surface area contributed by atoms with E-state index in [-0.39, 0.29) is 52.6 Å². The number of morpholine rings is 3. The molecule has 129 heavy (non-hydrogen) atoms. The van der Waals surface area contributed by atoms with Crippen molar-refractivity contribution in [2.24, 2.45) is 0 Å². The molecule has 0 bridgehead atoms. The minimum atomic E-state index is -2.90. The van der Waals surface area contributed by atoms with Crippen LogP contribution in [0, 0.1) is 27.7 Å². The zero-order chi connectivity index (χ0) is 90.9. The minimum Gasteiger partial charge on any atom is -0.478 e. The van der Waals surface area contributed by atoms with Crippen LogP contribution in [0.5, 0.6) is 0 Å². The number of carbonyl (C=O) groups is 7. The van der Waals surface area contributed by atoms with Crippen LogP contribution in [0.4, 0.5) is 45.5 Å². The molecule has 7 N–H and O–H groups in total. The lowest BCUT2D eigenvalue weighted by Crippen LogP contribution is -2.39. The number of amides is 4. The van der Waals surface area contributed by atoms with Gasteiger partial charge in [-0.1, -0.05) is 84.9 Å². The average Bonchev–Trinajstić information content (AvgIpc) is 0.823. The summed E-state index contributed by atoms with van der Waals surface area (Å²) in [4.78, 5) is 95.0. The van der Waals surface area contributed by atoms with Gasteiger partial charge in [-0.25, -0.2) is 22.8 Å². The number of carboxylic acids is 1. The topological polar surface area (TPSA) is 307 Å². The largest absolute Gasteiger partial charge is 0.478 e. The average molecular weight is 1760 g/mol. The molecule has 24 nitrogen and oxygen atoms in total. The smallest absolute Gasteiger partial charge is 0.338 e. The Morgan fingerprint density at radius 2 is 0.612 bits per heavy atom. The van der Waals surface area contributed by atoms with Gasteiger partial charge in [-0.05, 0) is 296 Å². The molecule has 12 aromatic rings. The number of nitrogens with one attached hydrogen (secondary N) is 4. The summed E-state index contributed by atoms with van der Waals surface area (Å²) in [6, 6.07) is 82.5. The highest BCUT2D eigenvalue weighted by molar-refractivity contribution is 7.91. The van der Waals surface area contributed by atoms with Crippen molar-refractivity contribution < 1.29 is 70.8 Å². The first-order chi connectivity index (χ1) is 62.4. The van der Waals surface area contributed by atoms with Gasteiger partial charge in [0.1, 0.15) is 0 Å². The molecule has 664 valence electrons. The number of nitrogens with zero attached hydrogens (tertiary/aromatic N) is 4. The number of anilines is 8. The summed E-state index contributed by atoms with van der Waals surface area (Å²) < 4.78 is 49.6. The Bertz CT molecular complexity index is 6010. The monoisotopic (exact) mass is 1750 g/mol. The van der Waals surface area contributed by atoms with Crippen LogP contribution < -0.4 is 41.7 Å². The van der Waals surface area contributed by atoms with Crippen molar-refractivity contribution in [1.82, 2.24) is 4.90 Å². The number of carboxylic acid groups (broad SMARTS) is 1. The van der Waals surface area contributed by atoms with E-state index < -0.39 is 15.8 Å². The number of hydrogen-bond acceptors (Lipinski definition) is 19. The number of aromatic carboxylic acids is 1. The van der Waals surface area contributed by atoms with Crippen molar-refractivity contribution in [3.8, 4) is 44.5 Å². The number of rotatable bonds is 22. The summed E-state index contributed by atoms with van der Waals surface area (Å²) in [6.07, 6.45) is 0. The maximum Gasteiger partial charge on any atom is 0.338 e. The Morgan fingerprint density at radius 3 is 0.922 bits per heavy atom. The third-order valence-corrected chi connectivity index (χ3v) is 24.2. The maximum absolute atomic E-state index is 13.0. The van der Waals surface area contributed by atoms with E-state index >= 15 is 0 Å². The second kappa shape index (κ2) is 44.4. The van der Waals surface area contributed by atoms with Crippen molar-refractivity contribution in [2.45, 2.75) is 48.1 Å². The van der Waals surface area contributed by atoms with E-state index in [0.29, 0.717) is 102 Å². The predicted molar refractivity (Wildman–Crippen MR) is 510 cm³/mol. The van der Waals surface area contributed by atoms with Crippen molar-refractivity contribution in [3.63, 3.8) is 0 Å². The summed E-state index contributed by atoms with van der Waals surface area (Å²) in [6.45, 7) is 23.5. The Morgan fingerprint density at radius 1 is 0.341 bits per heavy atom. The molecule has 0 radical (unpaired) electrons. The molecular formula is C104H107N9O15S. The molecular weight excluding hydrogens is 1650 g/mol. The Kier molecular flexibility index (Phi) is 31.9. The standard InChI is InChI=1S/C36H38N4O5S.C27H28N2O4.C25H24N2O4.C16H17NO2/c1-26-2-11-32(38-36(42)30-9-14-33(15-10-30)40-16-20-45-21-17-40)24-34(26)28-5-7-29(8-6-28)35(41)37-31-12-3-27(4-13-31)25-39-18-22-46(43,44)23-19-39;1-3-33-27(31)22-7-5-20(6-8-22)25-18-23(11-4-19(25)2)28-26(30)21-9-12-24(13-10-21)29-14-16-32-17-15-29;1-17-2-9-21(16-23(17)18-3-5-20(6-4-18)25(29)30)26-24(28)19-7-10-22(11-8-19)27-12-14-31-15-13-27;1-3-19-16(18)13-7-5-12(6-8-13)15-10-14(17)9-4-11(15)2/h2-15,24H,16-23,25H2,1H3,(H,37,41)(H,38,42);4-13,18H,3,14-17H2,1-2H3,(H,28,30);2-11,16H,12-15H2,1H3,(H,26,28)(H,29,30);4-10H,3,17H2,1-2H3. The quantitative estimate of drug-likeness (QED) is 0.0271. The first-order valence-corrected chi connectivity index (χ1v) is 44.9. The summed E-state index contributed by atoms with van der Waals surface area (Å²) >= 11 is 0. The van der Waals surface area contributed by atoms with Crippen molar-refractivity contribution >= 4 is 96.9 Å². The molecule has 0 aliphatic carbocycles. The number of nitrogen functional groups attached to an aromatic ring is 1. The lowest BCUT2D eigenvalue weighted by Gasteiger charge is -2.28. The number of ether oxygens (including phenoxy) is 5. The third kappa shape index (κ3) is 25.6. The molecule has 4 heterocycles. The van der Waals surface area contributed by atoms with Crippen LogP contribution in [0.2, 0.25) is 0 Å². The first-order valence-electron chi connectivity index (χ1n) is 43.1. The van der Waals surface area contributed by atoms with E-state index in [9.17, 15) is 42.0 Å². The van der Waals surface area contributed by atoms with Gasteiger partial charge in [-0.3, -0.25) is 24.1 Å². The second-order valence-corrected chi connectivity index (χ2v) is 33.9. The van der Waals surface area contributed by atoms with E-state index in [0.717, 1.165) is 161 Å². The van der Waals surface area contributed by atoms with Crippen LogP contribution in [0.25, 0.3) is 44.5 Å². The number of aryl methyl sites for hydroxylation is 4. The van der Waals surface area contributed by atoms with Gasteiger partial charge in [0.15, 0.2) is 9.84 Å². The van der Waals surface area contributed by atoms with Gasteiger partial charge >= 0.3 is 17.9 Å². The van der Waals surface area contributed by atoms with E-state index in [1.54, 1.807) is 74.5 Å². The molecule has 12 aromatic carbocycles. The van der Waals surface area contributed by atoms with E-state index in [1.165, 1.54) is 0 Å². The SMILES string of the molecule is CCOC(=O)c1ccc(-c2cc(N)ccc2C)cc1.CCOC(=O)c1ccc(-c2cc(NC(=O)c3ccc(N4CCOCC4)cc3)ccc2C)cc1.Cc1ccc(NC(=O)c2ccc(N3CCOCC3)cc2)cc1-c1ccc(C(=O)Nc2ccc(CN3CCS(=O)(=O)CC3)cc2)cc1.Cc1ccc(NC(=O)c2ccc(N3CCOCC3)cc2)cc1-c1ccc(C(=O)O)cc1. The van der Waals surface area contributed by atoms with E-state index in [4.69, 9.17) is 34.5 Å². The van der Waals surface area contributed by atoms with Crippen LogP contribution in [-0.2, 0) is 40.1 Å². The Hall–Kier alpha value is -14.1. The molecule has 0 saturated carbocycles. The Labute approximate surface area is 752 Å². The lowest BCUT2D eigenvalue weighted by molar-refractivity contribution is 0.0517. The first kappa shape index (κ1) is 92.6. The fourth-order valence-corrected chi connectivity index (χ4v) is 16.5. The van der Waals surface area contributed by atoms with Gasteiger partial charge < -0.3 is 70.5 Å². The normalized spacial score (nSPS) is 14.1. The highest BCUT2D eigenvalue weighted by atomic mass is 32.2. The fraction of sp³-hybridized carbons (Fsp3) is 0.240. The van der Waals surface area contributed by atoms with Gasteiger partial charge in [0.05, 0.1) is 81.1 Å². The fourth-order valence-electron chi connectivity index (χ4n) is 15.2. The van der Waals surface area contributed by atoms with E-state index in [1.807, 2.05) is 234 Å². The molecule has 0 atom stereocenters. The minimum absolute atomic E-state index is 0.156. The highest BCUT2D eigenvalue weighted by Gasteiger charge is 2.24. The lowest BCUT2D eigenvalue weighted by atomic mass is 9.98. The third-order valence-electron chi connectivity index (χ3n) is 22.6. The maximum atomic E-state index is 13.0. The molecule has 0 unspecified atom stereocenters. The Balaban J connectivity index is 0.000000153. The van der Waals surface area contributed by atoms with Crippen molar-refractivity contribution in [1.29, 1.82) is 0 Å². The summed E-state index contributed by atoms with van der Waals surface area (Å²) in [7, 11) is -2.90. The van der Waals surface area contributed by atoms with Gasteiger partial charge in [-0.15, -0.1) is 0 Å². The van der Waals surface area contributed by atoms with Crippen LogP contribution in [0.1, 0.15) is 114 Å². The molecule has 4 aliphatic rings. The van der Waals surface area contributed by atoms with Crippen LogP contribution in [0.15, 0.2) is 267 Å². The van der Waals surface area contributed by atoms with Crippen LogP contribution in [0.3, 0.4) is 0 Å². The molecule has 25 heteroatoms. The number of carbonyl (C=O) groups excluding carboxylic acids is 6. The summed E-state index contributed by atoms with van der Waals surface area (Å²) in [5.41, 5.74) is 29.4. The molecule has 4 amide bonds. The van der Waals surface area contributed by atoms with Crippen LogP contribution >= 0.6 is 0 Å². The number of esters is 2. The second-order valence-electron chi connectivity index (χ2n) is 31.6. The van der Waals surface area contributed by atoms with Gasteiger partial charge in [-0.2, -0.15) is 0 Å². The molecule has 0 spiro atoms. The molecule has 4 saturated heterocycles. The van der Waals surface area contributed by atoms with E-state index in [2.05, 4.69) is 40.9 Å².